The van der Waals surface area contributed by atoms with E-state index in [1.54, 1.807) is 61.8 Å². The van der Waals surface area contributed by atoms with Gasteiger partial charge in [0, 0.05) is 23.8 Å². The largest absolute Gasteiger partial charge is 0.323 e. The highest BCUT2D eigenvalue weighted by atomic mass is 35.5. The highest BCUT2D eigenvalue weighted by Crippen LogP contribution is 2.27. The molecule has 2 aromatic heterocycles. The maximum Gasteiger partial charge on any atom is 0.268 e. The van der Waals surface area contributed by atoms with Crippen LogP contribution in [-0.4, -0.2) is 17.4 Å². The Morgan fingerprint density at radius 3 is 2.50 bits per heavy atom. The predicted molar refractivity (Wildman–Crippen MR) is 88.6 cm³/mol. The van der Waals surface area contributed by atoms with Gasteiger partial charge in [0.1, 0.15) is 0 Å². The summed E-state index contributed by atoms with van der Waals surface area (Å²) in [6.07, 6.45) is 3.21. The summed E-state index contributed by atoms with van der Waals surface area (Å²) < 4.78 is 27.2. The van der Waals surface area contributed by atoms with Gasteiger partial charge in [0.05, 0.1) is 16.1 Å². The molecule has 5 nitrogen and oxygen atoms in total. The number of pyridine rings is 1. The Morgan fingerprint density at radius 1 is 1.18 bits per heavy atom. The van der Waals surface area contributed by atoms with Gasteiger partial charge in [-0.1, -0.05) is 18.2 Å². The number of rotatable bonds is 3. The van der Waals surface area contributed by atoms with Gasteiger partial charge in [0.15, 0.2) is 0 Å². The van der Waals surface area contributed by atoms with Crippen molar-refractivity contribution < 1.29 is 8.42 Å². The fourth-order valence-corrected chi connectivity index (χ4v) is 3.97. The molecule has 0 spiro atoms. The molecule has 0 aliphatic carbocycles. The molecule has 1 atom stereocenters. The van der Waals surface area contributed by atoms with E-state index in [0.29, 0.717) is 11.2 Å². The first-order valence-corrected chi connectivity index (χ1v) is 7.97. The lowest BCUT2D eigenvalue weighted by atomic mass is 10.2. The van der Waals surface area contributed by atoms with Crippen LogP contribution in [0.15, 0.2) is 59.8 Å². The van der Waals surface area contributed by atoms with Crippen LogP contribution < -0.4 is 5.73 Å². The van der Waals surface area contributed by atoms with E-state index in [2.05, 4.69) is 4.98 Å². The molecule has 22 heavy (non-hydrogen) atoms. The molecule has 1 aromatic carbocycles. The normalized spacial score (nSPS) is 12.8. The number of hydrogen-bond donors (Lipinski definition) is 1. The fraction of sp³-hybridized carbons (Fsp3) is 0.133. The summed E-state index contributed by atoms with van der Waals surface area (Å²) >= 11 is 0. The summed E-state index contributed by atoms with van der Waals surface area (Å²) in [5, 5.41) is 0.754. The molecule has 3 rings (SSSR count). The van der Waals surface area contributed by atoms with Gasteiger partial charge in [-0.15, -0.1) is 12.4 Å². The van der Waals surface area contributed by atoms with E-state index in [9.17, 15) is 8.42 Å². The van der Waals surface area contributed by atoms with Crippen molar-refractivity contribution in [2.75, 3.05) is 0 Å². The number of benzene rings is 1. The first-order chi connectivity index (χ1) is 10.0. The maximum atomic E-state index is 12.9. The number of halogens is 1. The highest BCUT2D eigenvalue weighted by molar-refractivity contribution is 7.90. The quantitative estimate of drug-likeness (QED) is 0.797. The Kier molecular flexibility index (Phi) is 4.55. The lowest BCUT2D eigenvalue weighted by Crippen LogP contribution is -2.19. The second-order valence-corrected chi connectivity index (χ2v) is 6.66. The van der Waals surface area contributed by atoms with Crippen molar-refractivity contribution >= 4 is 33.3 Å². The van der Waals surface area contributed by atoms with Crippen molar-refractivity contribution in [3.05, 3.63) is 60.6 Å². The molecule has 0 bridgehead atoms. The molecule has 0 aliphatic rings. The van der Waals surface area contributed by atoms with Gasteiger partial charge in [0.25, 0.3) is 10.0 Å². The summed E-state index contributed by atoms with van der Waals surface area (Å²) in [6, 6.07) is 11.4. The van der Waals surface area contributed by atoms with Gasteiger partial charge in [-0.25, -0.2) is 12.4 Å². The van der Waals surface area contributed by atoms with E-state index >= 15 is 0 Å². The third-order valence-corrected chi connectivity index (χ3v) is 5.09. The molecular formula is C15H16ClN3O2S. The van der Waals surface area contributed by atoms with Crippen LogP contribution in [0.2, 0.25) is 0 Å². The highest BCUT2D eigenvalue weighted by Gasteiger charge is 2.24. The Hall–Kier alpha value is -1.89. The van der Waals surface area contributed by atoms with Crippen molar-refractivity contribution in [1.29, 1.82) is 0 Å². The average Bonchev–Trinajstić information content (AvgIpc) is 2.88. The molecule has 0 fully saturated rings. The summed E-state index contributed by atoms with van der Waals surface area (Å²) in [7, 11) is -3.69. The summed E-state index contributed by atoms with van der Waals surface area (Å²) in [5.74, 6) is 0. The number of hydrogen-bond acceptors (Lipinski definition) is 4. The molecule has 0 radical (unpaired) electrons. The van der Waals surface area contributed by atoms with Crippen LogP contribution in [0.25, 0.3) is 10.9 Å². The fourth-order valence-electron chi connectivity index (χ4n) is 2.34. The van der Waals surface area contributed by atoms with Crippen LogP contribution in [-0.2, 0) is 10.0 Å². The molecule has 0 saturated heterocycles. The van der Waals surface area contributed by atoms with Crippen LogP contribution >= 0.6 is 12.4 Å². The monoisotopic (exact) mass is 337 g/mol. The second-order valence-electron chi connectivity index (χ2n) is 4.87. The number of nitrogens with two attached hydrogens (primary N) is 1. The van der Waals surface area contributed by atoms with E-state index < -0.39 is 16.1 Å². The van der Waals surface area contributed by atoms with Crippen molar-refractivity contribution in [3.8, 4) is 0 Å². The molecule has 0 aliphatic heterocycles. The van der Waals surface area contributed by atoms with E-state index in [4.69, 9.17) is 5.73 Å². The van der Waals surface area contributed by atoms with Gasteiger partial charge in [-0.05, 0) is 31.2 Å². The number of fused-ring (bicyclic) bond motifs is 1. The summed E-state index contributed by atoms with van der Waals surface area (Å²) in [5.41, 5.74) is 7.08. The molecule has 0 saturated carbocycles. The molecule has 0 amide bonds. The van der Waals surface area contributed by atoms with Crippen molar-refractivity contribution in [3.63, 3.8) is 0 Å². The average molecular weight is 338 g/mol. The molecular weight excluding hydrogens is 322 g/mol. The SMILES string of the molecule is C[C@H](N)c1cc2cnccc2n1S(=O)(=O)c1ccccc1.Cl. The Labute approximate surface area is 135 Å². The topological polar surface area (TPSA) is 78.0 Å². The van der Waals surface area contributed by atoms with Crippen molar-refractivity contribution in [2.24, 2.45) is 5.73 Å². The zero-order valence-electron chi connectivity index (χ0n) is 11.9. The first-order valence-electron chi connectivity index (χ1n) is 6.53. The zero-order valence-corrected chi connectivity index (χ0v) is 13.5. The Bertz CT molecular complexity index is 890. The van der Waals surface area contributed by atoms with Crippen LogP contribution in [0.3, 0.4) is 0 Å². The van der Waals surface area contributed by atoms with E-state index in [-0.39, 0.29) is 17.3 Å². The Balaban J connectivity index is 0.00000176. The van der Waals surface area contributed by atoms with E-state index in [1.165, 1.54) is 3.97 Å². The van der Waals surface area contributed by atoms with Gasteiger partial charge < -0.3 is 5.73 Å². The van der Waals surface area contributed by atoms with Crippen molar-refractivity contribution in [1.82, 2.24) is 8.96 Å². The number of aromatic nitrogens is 2. The molecule has 2 N–H and O–H groups in total. The van der Waals surface area contributed by atoms with Gasteiger partial charge in [-0.2, -0.15) is 0 Å². The zero-order chi connectivity index (χ0) is 15.0. The van der Waals surface area contributed by atoms with E-state index in [1.807, 2.05) is 0 Å². The second kappa shape index (κ2) is 6.08. The summed E-state index contributed by atoms with van der Waals surface area (Å²) in [4.78, 5) is 4.27. The van der Waals surface area contributed by atoms with Crippen LogP contribution in [0, 0.1) is 0 Å². The van der Waals surface area contributed by atoms with Crippen LogP contribution in [0.5, 0.6) is 0 Å². The lowest BCUT2D eigenvalue weighted by Gasteiger charge is -2.13. The predicted octanol–water partition coefficient (Wildman–Crippen LogP) is 2.71. The third kappa shape index (κ3) is 2.61. The maximum absolute atomic E-state index is 12.9. The molecule has 3 aromatic rings. The molecule has 7 heteroatoms. The first kappa shape index (κ1) is 16.5. The van der Waals surface area contributed by atoms with Crippen molar-refractivity contribution in [2.45, 2.75) is 17.9 Å². The van der Waals surface area contributed by atoms with Crippen LogP contribution in [0.1, 0.15) is 18.7 Å². The summed E-state index contributed by atoms with van der Waals surface area (Å²) in [6.45, 7) is 1.76. The number of nitrogens with zero attached hydrogens (tertiary/aromatic N) is 2. The molecule has 2 heterocycles. The smallest absolute Gasteiger partial charge is 0.268 e. The van der Waals surface area contributed by atoms with Gasteiger partial charge in [-0.3, -0.25) is 4.98 Å². The molecule has 116 valence electrons. The lowest BCUT2D eigenvalue weighted by molar-refractivity contribution is 0.584. The Morgan fingerprint density at radius 2 is 1.86 bits per heavy atom. The minimum Gasteiger partial charge on any atom is -0.323 e. The standard InChI is InChI=1S/C15H15N3O2S.ClH/c1-11(16)15-9-12-10-17-8-7-14(12)18(15)21(19,20)13-5-3-2-4-6-13;/h2-11H,16H2,1H3;1H/t11-;/m0./s1. The minimum absolute atomic E-state index is 0. The van der Waals surface area contributed by atoms with Crippen LogP contribution in [0.4, 0.5) is 0 Å². The molecule has 0 unspecified atom stereocenters. The minimum atomic E-state index is -3.69. The van der Waals surface area contributed by atoms with Gasteiger partial charge in [0.2, 0.25) is 0 Å². The van der Waals surface area contributed by atoms with Gasteiger partial charge >= 0.3 is 0 Å². The third-order valence-electron chi connectivity index (χ3n) is 3.33. The van der Waals surface area contributed by atoms with E-state index in [0.717, 1.165) is 5.39 Å².